The number of piperazine rings is 1. The van der Waals surface area contributed by atoms with Gasteiger partial charge in [0, 0.05) is 32.5 Å². The van der Waals surface area contributed by atoms with Gasteiger partial charge in [0.2, 0.25) is 5.92 Å². The van der Waals surface area contributed by atoms with Crippen molar-refractivity contribution in [1.82, 2.24) is 9.80 Å². The van der Waals surface area contributed by atoms with E-state index in [1.165, 1.54) is 4.90 Å². The van der Waals surface area contributed by atoms with Crippen LogP contribution in [-0.2, 0) is 9.53 Å². The number of ether oxygens (including phenoxy) is 1. The molecule has 2 rings (SSSR count). The fourth-order valence-electron chi connectivity index (χ4n) is 3.38. The summed E-state index contributed by atoms with van der Waals surface area (Å²) in [5.74, 6) is -3.51. The molecule has 0 bridgehead atoms. The van der Waals surface area contributed by atoms with Gasteiger partial charge in [-0.1, -0.05) is 0 Å². The average molecular weight is 362 g/mol. The van der Waals surface area contributed by atoms with Crippen molar-refractivity contribution in [2.45, 2.75) is 64.0 Å². The molecule has 0 radical (unpaired) electrons. The Morgan fingerprint density at radius 3 is 2.32 bits per heavy atom. The molecule has 0 aromatic rings. The molecule has 0 spiro atoms. The molecule has 2 fully saturated rings. The molecule has 0 unspecified atom stereocenters. The summed E-state index contributed by atoms with van der Waals surface area (Å²) in [6, 6.07) is -0.830. The molecule has 8 heteroatoms. The molecule has 144 valence electrons. The van der Waals surface area contributed by atoms with E-state index in [-0.39, 0.29) is 25.3 Å². The number of carbonyl (C=O) groups is 2. The lowest BCUT2D eigenvalue weighted by Gasteiger charge is -2.41. The van der Waals surface area contributed by atoms with Gasteiger partial charge in [0.05, 0.1) is 6.54 Å². The molecule has 1 saturated heterocycles. The molecule has 1 aliphatic carbocycles. The number of carbonyl (C=O) groups excluding carboxylic acids is 1. The van der Waals surface area contributed by atoms with E-state index in [0.29, 0.717) is 32.5 Å². The molecule has 1 saturated carbocycles. The van der Waals surface area contributed by atoms with Crippen molar-refractivity contribution < 1.29 is 28.2 Å². The second-order valence-corrected chi connectivity index (χ2v) is 8.07. The maximum absolute atomic E-state index is 13.3. The van der Waals surface area contributed by atoms with E-state index < -0.39 is 29.6 Å². The Bertz CT molecular complexity index is 497. The summed E-state index contributed by atoms with van der Waals surface area (Å²) in [5.41, 5.74) is -0.639. The van der Waals surface area contributed by atoms with Gasteiger partial charge in [-0.3, -0.25) is 9.69 Å². The smallest absolute Gasteiger partial charge is 0.410 e. The second kappa shape index (κ2) is 7.43. The van der Waals surface area contributed by atoms with Crippen LogP contribution in [0.5, 0.6) is 0 Å². The van der Waals surface area contributed by atoms with Crippen LogP contribution >= 0.6 is 0 Å². The molecule has 2 aliphatic rings. The maximum Gasteiger partial charge on any atom is 0.410 e. The summed E-state index contributed by atoms with van der Waals surface area (Å²) >= 11 is 0. The van der Waals surface area contributed by atoms with E-state index in [4.69, 9.17) is 4.74 Å². The molecule has 0 aromatic heterocycles. The predicted molar refractivity (Wildman–Crippen MR) is 87.7 cm³/mol. The first-order valence-corrected chi connectivity index (χ1v) is 8.79. The molecule has 1 N–H and O–H groups in total. The Labute approximate surface area is 147 Å². The first-order chi connectivity index (χ1) is 11.5. The van der Waals surface area contributed by atoms with Crippen molar-refractivity contribution >= 4 is 12.1 Å². The third-order valence-corrected chi connectivity index (χ3v) is 4.76. The molecule has 6 nitrogen and oxygen atoms in total. The fraction of sp³-hybridized carbons (Fsp3) is 0.882. The van der Waals surface area contributed by atoms with Crippen molar-refractivity contribution in [3.05, 3.63) is 0 Å². The van der Waals surface area contributed by atoms with E-state index in [0.717, 1.165) is 0 Å². The largest absolute Gasteiger partial charge is 0.480 e. The van der Waals surface area contributed by atoms with Crippen LogP contribution < -0.4 is 0 Å². The van der Waals surface area contributed by atoms with Gasteiger partial charge in [-0.2, -0.15) is 0 Å². The van der Waals surface area contributed by atoms with Crippen LogP contribution in [0.1, 0.15) is 46.5 Å². The molecular weight excluding hydrogens is 334 g/mol. The highest BCUT2D eigenvalue weighted by Gasteiger charge is 2.39. The number of hydrogen-bond donors (Lipinski definition) is 1. The zero-order chi connectivity index (χ0) is 18.8. The molecule has 0 aromatic carbocycles. The summed E-state index contributed by atoms with van der Waals surface area (Å²) in [6.45, 7) is 6.59. The van der Waals surface area contributed by atoms with Gasteiger partial charge in [0.1, 0.15) is 11.6 Å². The van der Waals surface area contributed by atoms with E-state index >= 15 is 0 Å². The summed E-state index contributed by atoms with van der Waals surface area (Å²) < 4.78 is 31.8. The lowest BCUT2D eigenvalue weighted by atomic mass is 9.86. The van der Waals surface area contributed by atoms with Gasteiger partial charge < -0.3 is 14.7 Å². The summed E-state index contributed by atoms with van der Waals surface area (Å²) in [7, 11) is 0. The van der Waals surface area contributed by atoms with Crippen molar-refractivity contribution in [3.8, 4) is 0 Å². The zero-order valence-electron chi connectivity index (χ0n) is 15.1. The number of rotatable bonds is 3. The number of amides is 1. The number of hydrogen-bond acceptors (Lipinski definition) is 4. The fourth-order valence-corrected chi connectivity index (χ4v) is 3.38. The monoisotopic (exact) mass is 362 g/mol. The van der Waals surface area contributed by atoms with E-state index in [2.05, 4.69) is 0 Å². The van der Waals surface area contributed by atoms with Gasteiger partial charge in [0.25, 0.3) is 0 Å². The van der Waals surface area contributed by atoms with Crippen molar-refractivity contribution in [2.24, 2.45) is 5.92 Å². The van der Waals surface area contributed by atoms with Crippen LogP contribution in [0.3, 0.4) is 0 Å². The minimum absolute atomic E-state index is 0.0487. The van der Waals surface area contributed by atoms with Gasteiger partial charge in [-0.15, -0.1) is 0 Å². The number of aliphatic carboxylic acids is 1. The molecular formula is C17H28F2N2O4. The Hall–Kier alpha value is -1.44. The van der Waals surface area contributed by atoms with Crippen molar-refractivity contribution in [1.29, 1.82) is 0 Å². The third-order valence-electron chi connectivity index (χ3n) is 4.76. The Morgan fingerprint density at radius 2 is 1.80 bits per heavy atom. The first kappa shape index (κ1) is 19.9. The quantitative estimate of drug-likeness (QED) is 0.836. The Balaban J connectivity index is 1.93. The SMILES string of the molecule is CC(C)(C)OC(=O)N1CCN(CC2CCC(F)(F)CC2)[C@H](C(=O)O)C1. The Kier molecular flexibility index (Phi) is 5.91. The molecule has 25 heavy (non-hydrogen) atoms. The summed E-state index contributed by atoms with van der Waals surface area (Å²) in [4.78, 5) is 27.0. The van der Waals surface area contributed by atoms with Crippen molar-refractivity contribution in [3.63, 3.8) is 0 Å². The van der Waals surface area contributed by atoms with Crippen LogP contribution in [0.4, 0.5) is 13.6 Å². The van der Waals surface area contributed by atoms with Gasteiger partial charge >= 0.3 is 12.1 Å². The van der Waals surface area contributed by atoms with Gasteiger partial charge in [0.15, 0.2) is 0 Å². The van der Waals surface area contributed by atoms with E-state index in [1.54, 1.807) is 25.7 Å². The van der Waals surface area contributed by atoms with Crippen LogP contribution in [0, 0.1) is 5.92 Å². The lowest BCUT2D eigenvalue weighted by molar-refractivity contribution is -0.146. The van der Waals surface area contributed by atoms with Crippen LogP contribution in [-0.4, -0.2) is 70.7 Å². The zero-order valence-corrected chi connectivity index (χ0v) is 15.1. The molecule has 1 amide bonds. The Morgan fingerprint density at radius 1 is 1.20 bits per heavy atom. The van der Waals surface area contributed by atoms with Crippen molar-refractivity contribution in [2.75, 3.05) is 26.2 Å². The maximum atomic E-state index is 13.3. The number of nitrogens with zero attached hydrogens (tertiary/aromatic N) is 2. The summed E-state index contributed by atoms with van der Waals surface area (Å²) in [6.07, 6.45) is 0.0355. The molecule has 1 atom stereocenters. The van der Waals surface area contributed by atoms with E-state index in [9.17, 15) is 23.5 Å². The minimum atomic E-state index is -2.59. The normalized spacial score (nSPS) is 25.6. The predicted octanol–water partition coefficient (Wildman–Crippen LogP) is 2.82. The number of alkyl halides is 2. The van der Waals surface area contributed by atoms with Gasteiger partial charge in [-0.25, -0.2) is 13.6 Å². The number of halogens is 2. The van der Waals surface area contributed by atoms with Crippen LogP contribution in [0.2, 0.25) is 0 Å². The van der Waals surface area contributed by atoms with E-state index in [1.807, 2.05) is 0 Å². The lowest BCUT2D eigenvalue weighted by Crippen LogP contribution is -2.59. The average Bonchev–Trinajstić information content (AvgIpc) is 2.47. The highest BCUT2D eigenvalue weighted by Crippen LogP contribution is 2.36. The highest BCUT2D eigenvalue weighted by molar-refractivity contribution is 5.76. The van der Waals surface area contributed by atoms with Crippen LogP contribution in [0.25, 0.3) is 0 Å². The topological polar surface area (TPSA) is 70.1 Å². The molecule has 1 heterocycles. The van der Waals surface area contributed by atoms with Crippen LogP contribution in [0.15, 0.2) is 0 Å². The van der Waals surface area contributed by atoms with Gasteiger partial charge in [-0.05, 0) is 39.5 Å². The molecule has 1 aliphatic heterocycles. The number of carboxylic acids is 1. The highest BCUT2D eigenvalue weighted by atomic mass is 19.3. The second-order valence-electron chi connectivity index (χ2n) is 8.07. The third kappa shape index (κ3) is 5.80. The first-order valence-electron chi connectivity index (χ1n) is 8.79. The standard InChI is InChI=1S/C17H28F2N2O4/c1-16(2,3)25-15(24)21-9-8-20(13(11-21)14(22)23)10-12-4-6-17(18,19)7-5-12/h12-13H,4-11H2,1-3H3,(H,22,23)/t13-/m0/s1. The minimum Gasteiger partial charge on any atom is -0.480 e. The number of carboxylic acid groups (broad SMARTS) is 1. The summed E-state index contributed by atoms with van der Waals surface area (Å²) in [5, 5.41) is 9.51.